The van der Waals surface area contributed by atoms with E-state index in [0.29, 0.717) is 5.88 Å². The van der Waals surface area contributed by atoms with Crippen molar-refractivity contribution in [3.8, 4) is 11.3 Å². The Morgan fingerprint density at radius 2 is 2.00 bits per heavy atom. The lowest BCUT2D eigenvalue weighted by atomic mass is 9.97. The number of imidazole rings is 1. The van der Waals surface area contributed by atoms with Crippen LogP contribution >= 0.6 is 27.7 Å². The summed E-state index contributed by atoms with van der Waals surface area (Å²) >= 11 is 5.15. The third-order valence-electron chi connectivity index (χ3n) is 5.23. The Bertz CT molecular complexity index is 913. The van der Waals surface area contributed by atoms with Gasteiger partial charge in [-0.3, -0.25) is 4.79 Å². The zero-order valence-electron chi connectivity index (χ0n) is 17.7. The first-order valence-electron chi connectivity index (χ1n) is 9.74. The van der Waals surface area contributed by atoms with Crippen LogP contribution in [0.2, 0.25) is 0 Å². The molecule has 1 aliphatic rings. The number of carbonyl (C=O) groups excluding carboxylic acids is 2. The number of rotatable bonds is 5. The topological polar surface area (TPSA) is 87.3 Å². The van der Waals surface area contributed by atoms with Crippen LogP contribution in [0.5, 0.6) is 0 Å². The molecule has 2 N–H and O–H groups in total. The Kier molecular flexibility index (Phi) is 6.81. The molecule has 162 valence electrons. The van der Waals surface area contributed by atoms with E-state index in [1.54, 1.807) is 22.9 Å². The number of halogens is 1. The fourth-order valence-corrected chi connectivity index (χ4v) is 4.97. The zero-order valence-corrected chi connectivity index (χ0v) is 20.1. The molecule has 1 saturated heterocycles. The lowest BCUT2D eigenvalue weighted by Crippen LogP contribution is -2.52. The van der Waals surface area contributed by atoms with Crippen molar-refractivity contribution in [3.05, 3.63) is 40.8 Å². The summed E-state index contributed by atoms with van der Waals surface area (Å²) in [5.41, 5.74) is 1.91. The van der Waals surface area contributed by atoms with Crippen molar-refractivity contribution in [2.45, 2.75) is 44.5 Å². The molecule has 1 fully saturated rings. The Hall–Kier alpha value is -2.00. The number of alkyl carbamates (subject to hydrolysis) is 1. The number of aromatic amines is 1. The number of methoxy groups -OCH3 is 1. The molecule has 0 aliphatic carbocycles. The van der Waals surface area contributed by atoms with Crippen LogP contribution in [0, 0.1) is 5.92 Å². The van der Waals surface area contributed by atoms with E-state index in [4.69, 9.17) is 4.74 Å². The molecule has 2 aromatic rings. The van der Waals surface area contributed by atoms with Crippen LogP contribution < -0.4 is 5.32 Å². The van der Waals surface area contributed by atoms with E-state index in [1.165, 1.54) is 7.11 Å². The van der Waals surface area contributed by atoms with Crippen LogP contribution in [-0.2, 0) is 9.53 Å². The van der Waals surface area contributed by atoms with Gasteiger partial charge in [0.2, 0.25) is 5.91 Å². The van der Waals surface area contributed by atoms with E-state index in [0.717, 1.165) is 21.6 Å². The predicted molar refractivity (Wildman–Crippen MR) is 122 cm³/mol. The van der Waals surface area contributed by atoms with Gasteiger partial charge in [0, 0.05) is 9.22 Å². The molecule has 0 bridgehead atoms. The normalized spacial score (nSPS) is 19.0. The first-order chi connectivity index (χ1) is 14.1. The van der Waals surface area contributed by atoms with Gasteiger partial charge in [-0.05, 0) is 37.5 Å². The van der Waals surface area contributed by atoms with Gasteiger partial charge in [0.15, 0.2) is 0 Å². The van der Waals surface area contributed by atoms with Crippen molar-refractivity contribution in [1.29, 1.82) is 0 Å². The van der Waals surface area contributed by atoms with Gasteiger partial charge in [-0.2, -0.15) is 0 Å². The van der Waals surface area contributed by atoms with Crippen LogP contribution in [0.3, 0.4) is 0 Å². The number of ether oxygens (including phenoxy) is 1. The highest BCUT2D eigenvalue weighted by Crippen LogP contribution is 2.48. The number of nitrogens with zero attached hydrogens (tertiary/aromatic N) is 2. The first kappa shape index (κ1) is 22.7. The minimum absolute atomic E-state index is 0.0825. The number of carbonyl (C=O) groups is 2. The number of hydrogen-bond donors (Lipinski definition) is 2. The molecule has 3 rings (SSSR count). The number of thioether (sulfide) groups is 1. The molecule has 9 heteroatoms. The summed E-state index contributed by atoms with van der Waals surface area (Å²) in [6.45, 7) is 8.02. The summed E-state index contributed by atoms with van der Waals surface area (Å²) in [7, 11) is 1.29. The van der Waals surface area contributed by atoms with Crippen molar-refractivity contribution in [3.63, 3.8) is 0 Å². The summed E-state index contributed by atoms with van der Waals surface area (Å²) in [6.07, 6.45) is 1.19. The molecule has 0 saturated carbocycles. The summed E-state index contributed by atoms with van der Waals surface area (Å²) in [4.78, 5) is 35.0. The van der Waals surface area contributed by atoms with E-state index in [9.17, 15) is 9.59 Å². The highest BCUT2D eigenvalue weighted by Gasteiger charge is 2.48. The summed E-state index contributed by atoms with van der Waals surface area (Å²) in [5, 5.41) is 2.68. The van der Waals surface area contributed by atoms with Crippen molar-refractivity contribution < 1.29 is 14.3 Å². The van der Waals surface area contributed by atoms with E-state index < -0.39 is 12.1 Å². The van der Waals surface area contributed by atoms with Gasteiger partial charge >= 0.3 is 6.09 Å². The number of amides is 2. The molecular formula is C21H27BrN4O3S. The summed E-state index contributed by atoms with van der Waals surface area (Å²) in [5.74, 6) is 1.04. The van der Waals surface area contributed by atoms with Crippen LogP contribution in [0.4, 0.5) is 4.79 Å². The Morgan fingerprint density at radius 3 is 2.60 bits per heavy atom. The lowest BCUT2D eigenvalue weighted by molar-refractivity contribution is -0.135. The average molecular weight is 495 g/mol. The molecule has 2 atom stereocenters. The monoisotopic (exact) mass is 494 g/mol. The minimum Gasteiger partial charge on any atom is -0.453 e. The van der Waals surface area contributed by atoms with Gasteiger partial charge in [0.05, 0.1) is 24.9 Å². The van der Waals surface area contributed by atoms with Crippen molar-refractivity contribution in [1.82, 2.24) is 20.2 Å². The van der Waals surface area contributed by atoms with Crippen molar-refractivity contribution in [2.75, 3.05) is 13.0 Å². The zero-order chi connectivity index (χ0) is 22.1. The summed E-state index contributed by atoms with van der Waals surface area (Å²) < 4.78 is 5.48. The maximum Gasteiger partial charge on any atom is 0.407 e. The maximum atomic E-state index is 13.4. The lowest BCUT2D eigenvalue weighted by Gasteiger charge is -2.33. The van der Waals surface area contributed by atoms with Crippen LogP contribution in [-0.4, -0.2) is 50.6 Å². The molecule has 2 unspecified atom stereocenters. The van der Waals surface area contributed by atoms with Gasteiger partial charge in [-0.25, -0.2) is 9.78 Å². The Labute approximate surface area is 189 Å². The van der Waals surface area contributed by atoms with Gasteiger partial charge in [-0.1, -0.05) is 41.9 Å². The number of nitrogens with one attached hydrogen (secondary N) is 2. The molecule has 0 radical (unpaired) electrons. The van der Waals surface area contributed by atoms with Crippen molar-refractivity contribution in [2.24, 2.45) is 5.92 Å². The third-order valence-corrected chi connectivity index (χ3v) is 7.13. The molecule has 0 spiro atoms. The molecule has 7 nitrogen and oxygen atoms in total. The SMILES string of the molecule is COC(=O)NC(C(=O)N1CSC(C)(C)C1c1ncc(-c2ccc(Br)cc2)[nH]1)C(C)C. The van der Waals surface area contributed by atoms with Crippen LogP contribution in [0.25, 0.3) is 11.3 Å². The minimum atomic E-state index is -0.671. The second-order valence-electron chi connectivity index (χ2n) is 8.13. The second-order valence-corrected chi connectivity index (χ2v) is 10.6. The second kappa shape index (κ2) is 9.01. The van der Waals surface area contributed by atoms with E-state index >= 15 is 0 Å². The van der Waals surface area contributed by atoms with Gasteiger partial charge < -0.3 is 19.9 Å². The maximum absolute atomic E-state index is 13.4. The quantitative estimate of drug-likeness (QED) is 0.635. The van der Waals surface area contributed by atoms with Crippen LogP contribution in [0.1, 0.15) is 39.6 Å². The van der Waals surface area contributed by atoms with Gasteiger partial charge in [0.1, 0.15) is 17.9 Å². The molecule has 1 aliphatic heterocycles. The van der Waals surface area contributed by atoms with Gasteiger partial charge in [-0.15, -0.1) is 11.8 Å². The molecular weight excluding hydrogens is 468 g/mol. The number of benzene rings is 1. The third kappa shape index (κ3) is 4.67. The number of hydrogen-bond acceptors (Lipinski definition) is 5. The number of H-pyrrole nitrogens is 1. The highest BCUT2D eigenvalue weighted by molar-refractivity contribution is 9.10. The largest absolute Gasteiger partial charge is 0.453 e. The molecule has 1 aromatic carbocycles. The number of aromatic nitrogens is 2. The van der Waals surface area contributed by atoms with Crippen molar-refractivity contribution >= 4 is 39.7 Å². The summed E-state index contributed by atoms with van der Waals surface area (Å²) in [6, 6.07) is 7.05. The molecule has 1 aromatic heterocycles. The van der Waals surface area contributed by atoms with E-state index in [1.807, 2.05) is 38.1 Å². The molecule has 2 amide bonds. The smallest absolute Gasteiger partial charge is 0.407 e. The molecule has 2 heterocycles. The predicted octanol–water partition coefficient (Wildman–Crippen LogP) is 4.57. The van der Waals surface area contributed by atoms with E-state index in [2.05, 4.69) is 45.1 Å². The fraction of sp³-hybridized carbons (Fsp3) is 0.476. The molecule has 30 heavy (non-hydrogen) atoms. The first-order valence-corrected chi connectivity index (χ1v) is 11.5. The standard InChI is InChI=1S/C21H27BrN4O3S/c1-12(2)16(25-20(28)29-5)19(27)26-11-30-21(3,4)17(26)18-23-10-15(24-18)13-6-8-14(22)9-7-13/h6-10,12,16-17H,11H2,1-5H3,(H,23,24)(H,25,28). The van der Waals surface area contributed by atoms with Crippen LogP contribution in [0.15, 0.2) is 34.9 Å². The van der Waals surface area contributed by atoms with E-state index in [-0.39, 0.29) is 22.6 Å². The highest BCUT2D eigenvalue weighted by atomic mass is 79.9. The Balaban J connectivity index is 1.90. The Morgan fingerprint density at radius 1 is 1.33 bits per heavy atom. The fourth-order valence-electron chi connectivity index (χ4n) is 3.56. The average Bonchev–Trinajstić information content (AvgIpc) is 3.29. The van der Waals surface area contributed by atoms with Gasteiger partial charge in [0.25, 0.3) is 0 Å².